The summed E-state index contributed by atoms with van der Waals surface area (Å²) < 4.78 is 0. The van der Waals surface area contributed by atoms with Gasteiger partial charge >= 0.3 is 0 Å². The molecular formula is C9H9N3O5. The van der Waals surface area contributed by atoms with E-state index in [1.54, 1.807) is 0 Å². The van der Waals surface area contributed by atoms with Gasteiger partial charge in [0.1, 0.15) is 0 Å². The molecule has 0 saturated heterocycles. The van der Waals surface area contributed by atoms with Crippen molar-refractivity contribution in [3.63, 3.8) is 0 Å². The normalized spacial score (nSPS) is 9.71. The third kappa shape index (κ3) is 3.52. The Balaban J connectivity index is 3.08. The van der Waals surface area contributed by atoms with Crippen LogP contribution in [-0.2, 0) is 11.3 Å². The Hall–Kier alpha value is -2.51. The van der Waals surface area contributed by atoms with Crippen LogP contribution in [0.3, 0.4) is 0 Å². The van der Waals surface area contributed by atoms with Crippen molar-refractivity contribution in [1.82, 2.24) is 5.32 Å². The molecule has 0 radical (unpaired) electrons. The van der Waals surface area contributed by atoms with Crippen LogP contribution in [0.1, 0.15) is 12.5 Å². The highest BCUT2D eigenvalue weighted by Crippen LogP contribution is 2.22. The van der Waals surface area contributed by atoms with E-state index in [1.165, 1.54) is 19.1 Å². The number of hydrogen-bond acceptors (Lipinski definition) is 5. The Morgan fingerprint density at radius 2 is 1.65 bits per heavy atom. The van der Waals surface area contributed by atoms with Gasteiger partial charge in [-0.25, -0.2) is 0 Å². The molecule has 8 heteroatoms. The number of nitrogens with zero attached hydrogens (tertiary/aromatic N) is 2. The molecule has 1 aromatic rings. The number of amides is 1. The fraction of sp³-hybridized carbons (Fsp3) is 0.222. The first-order valence-corrected chi connectivity index (χ1v) is 4.57. The van der Waals surface area contributed by atoms with Gasteiger partial charge in [0.15, 0.2) is 0 Å². The van der Waals surface area contributed by atoms with Crippen molar-refractivity contribution in [3.05, 3.63) is 44.0 Å². The van der Waals surface area contributed by atoms with Crippen LogP contribution in [0, 0.1) is 20.2 Å². The molecule has 8 nitrogen and oxygen atoms in total. The van der Waals surface area contributed by atoms with Gasteiger partial charge in [-0.05, 0) is 5.56 Å². The number of rotatable bonds is 4. The predicted molar refractivity (Wildman–Crippen MR) is 57.3 cm³/mol. The SMILES string of the molecule is CC(=O)NCc1cc([N+](=O)[O-])cc([N+](=O)[O-])c1. The van der Waals surface area contributed by atoms with Crippen LogP contribution in [0.25, 0.3) is 0 Å². The Kier molecular flexibility index (Phi) is 3.70. The monoisotopic (exact) mass is 239 g/mol. The summed E-state index contributed by atoms with van der Waals surface area (Å²) in [5.74, 6) is -0.320. The largest absolute Gasteiger partial charge is 0.352 e. The second-order valence-corrected chi connectivity index (χ2v) is 3.28. The van der Waals surface area contributed by atoms with Crippen molar-refractivity contribution in [2.45, 2.75) is 13.5 Å². The average molecular weight is 239 g/mol. The molecule has 1 amide bonds. The minimum atomic E-state index is -0.718. The van der Waals surface area contributed by atoms with Crippen molar-refractivity contribution in [3.8, 4) is 0 Å². The highest BCUT2D eigenvalue weighted by atomic mass is 16.6. The van der Waals surface area contributed by atoms with Gasteiger partial charge in [-0.15, -0.1) is 0 Å². The molecule has 0 fully saturated rings. The lowest BCUT2D eigenvalue weighted by Gasteiger charge is -2.02. The summed E-state index contributed by atoms with van der Waals surface area (Å²) in [5.41, 5.74) is -0.444. The minimum Gasteiger partial charge on any atom is -0.352 e. The van der Waals surface area contributed by atoms with Crippen molar-refractivity contribution < 1.29 is 14.6 Å². The fourth-order valence-electron chi connectivity index (χ4n) is 1.20. The summed E-state index contributed by atoms with van der Waals surface area (Å²) in [6.45, 7) is 1.30. The number of nitro groups is 2. The first-order valence-electron chi connectivity index (χ1n) is 4.57. The van der Waals surface area contributed by atoms with Gasteiger partial charge in [0.05, 0.1) is 15.9 Å². The highest BCUT2D eigenvalue weighted by Gasteiger charge is 2.16. The molecule has 1 rings (SSSR count). The number of benzene rings is 1. The van der Waals surface area contributed by atoms with Crippen LogP contribution < -0.4 is 5.32 Å². The smallest absolute Gasteiger partial charge is 0.276 e. The first-order chi connectivity index (χ1) is 7.90. The van der Waals surface area contributed by atoms with E-state index < -0.39 is 9.85 Å². The van der Waals surface area contributed by atoms with Gasteiger partial charge in [0.25, 0.3) is 11.4 Å². The standard InChI is InChI=1S/C9H9N3O5/c1-6(13)10-5-7-2-8(11(14)15)4-9(3-7)12(16)17/h2-4H,5H2,1H3,(H,10,13). The van der Waals surface area contributed by atoms with E-state index in [-0.39, 0.29) is 23.8 Å². The predicted octanol–water partition coefficient (Wildman–Crippen LogP) is 1.14. The maximum atomic E-state index is 10.7. The number of carbonyl (C=O) groups is 1. The second kappa shape index (κ2) is 5.01. The molecule has 0 aliphatic rings. The van der Waals surface area contributed by atoms with E-state index in [0.717, 1.165) is 6.07 Å². The van der Waals surface area contributed by atoms with Gasteiger partial charge in [-0.3, -0.25) is 25.0 Å². The van der Waals surface area contributed by atoms with E-state index in [1.807, 2.05) is 0 Å². The quantitative estimate of drug-likeness (QED) is 0.624. The third-order valence-electron chi connectivity index (χ3n) is 1.93. The summed E-state index contributed by atoms with van der Waals surface area (Å²) in [4.78, 5) is 30.4. The lowest BCUT2D eigenvalue weighted by atomic mass is 10.1. The fourth-order valence-corrected chi connectivity index (χ4v) is 1.20. The third-order valence-corrected chi connectivity index (χ3v) is 1.93. The summed E-state index contributed by atoms with van der Waals surface area (Å²) in [7, 11) is 0. The topological polar surface area (TPSA) is 115 Å². The van der Waals surface area contributed by atoms with Crippen molar-refractivity contribution in [2.24, 2.45) is 0 Å². The highest BCUT2D eigenvalue weighted by molar-refractivity contribution is 5.72. The lowest BCUT2D eigenvalue weighted by Crippen LogP contribution is -2.19. The molecule has 0 saturated carbocycles. The van der Waals surface area contributed by atoms with Crippen LogP contribution in [0.5, 0.6) is 0 Å². The molecule has 0 heterocycles. The molecule has 0 aromatic heterocycles. The van der Waals surface area contributed by atoms with Crippen LogP contribution in [-0.4, -0.2) is 15.8 Å². The van der Waals surface area contributed by atoms with Crippen molar-refractivity contribution in [2.75, 3.05) is 0 Å². The van der Waals surface area contributed by atoms with E-state index in [2.05, 4.69) is 5.32 Å². The Labute approximate surface area is 95.5 Å². The molecule has 1 aromatic carbocycles. The van der Waals surface area contributed by atoms with Gasteiger partial charge in [0.2, 0.25) is 5.91 Å². The summed E-state index contributed by atoms with van der Waals surface area (Å²) in [5, 5.41) is 23.5. The molecule has 90 valence electrons. The van der Waals surface area contributed by atoms with Crippen molar-refractivity contribution in [1.29, 1.82) is 0 Å². The summed E-state index contributed by atoms with van der Waals surface area (Å²) >= 11 is 0. The molecular weight excluding hydrogens is 230 g/mol. The molecule has 0 atom stereocenters. The molecule has 0 bridgehead atoms. The number of hydrogen-bond donors (Lipinski definition) is 1. The average Bonchev–Trinajstić information content (AvgIpc) is 2.25. The molecule has 0 aliphatic carbocycles. The first kappa shape index (κ1) is 12.6. The zero-order valence-electron chi connectivity index (χ0n) is 8.87. The second-order valence-electron chi connectivity index (χ2n) is 3.28. The van der Waals surface area contributed by atoms with E-state index in [9.17, 15) is 25.0 Å². The van der Waals surface area contributed by atoms with Crippen molar-refractivity contribution >= 4 is 17.3 Å². The number of nitro benzene ring substituents is 2. The van der Waals surface area contributed by atoms with E-state index in [4.69, 9.17) is 0 Å². The Bertz CT molecular complexity index is 453. The number of non-ortho nitro benzene ring substituents is 2. The maximum Gasteiger partial charge on any atom is 0.276 e. The van der Waals surface area contributed by atoms with Crippen LogP contribution >= 0.6 is 0 Å². The number of nitrogens with one attached hydrogen (secondary N) is 1. The van der Waals surface area contributed by atoms with Crippen LogP contribution in [0.4, 0.5) is 11.4 Å². The Morgan fingerprint density at radius 1 is 1.18 bits per heavy atom. The Morgan fingerprint density at radius 3 is 2.00 bits per heavy atom. The molecule has 0 spiro atoms. The van der Waals surface area contributed by atoms with Crippen LogP contribution in [0.2, 0.25) is 0 Å². The van der Waals surface area contributed by atoms with Gasteiger partial charge in [-0.1, -0.05) is 0 Å². The molecule has 1 N–H and O–H groups in total. The van der Waals surface area contributed by atoms with E-state index in [0.29, 0.717) is 5.56 Å². The molecule has 17 heavy (non-hydrogen) atoms. The minimum absolute atomic E-state index is 0.0118. The van der Waals surface area contributed by atoms with Crippen LogP contribution in [0.15, 0.2) is 18.2 Å². The molecule has 0 aliphatic heterocycles. The summed E-state index contributed by atoms with van der Waals surface area (Å²) in [6.07, 6.45) is 0. The lowest BCUT2D eigenvalue weighted by molar-refractivity contribution is -0.394. The van der Waals surface area contributed by atoms with E-state index >= 15 is 0 Å². The zero-order valence-corrected chi connectivity index (χ0v) is 8.87. The molecule has 0 unspecified atom stereocenters. The summed E-state index contributed by atoms with van der Waals surface area (Å²) in [6, 6.07) is 3.24. The zero-order chi connectivity index (χ0) is 13.0. The maximum absolute atomic E-state index is 10.7. The number of carbonyl (C=O) groups excluding carboxylic acids is 1. The van der Waals surface area contributed by atoms with Gasteiger partial charge < -0.3 is 5.32 Å². The van der Waals surface area contributed by atoms with Gasteiger partial charge in [-0.2, -0.15) is 0 Å². The van der Waals surface area contributed by atoms with Gasteiger partial charge in [0, 0.05) is 25.6 Å².